The third-order valence-corrected chi connectivity index (χ3v) is 2.85. The van der Waals surface area contributed by atoms with Gasteiger partial charge in [0, 0.05) is 5.56 Å². The lowest BCUT2D eigenvalue weighted by Crippen LogP contribution is -2.07. The van der Waals surface area contributed by atoms with Crippen LogP contribution in [0, 0.1) is 5.82 Å². The molecule has 19 heavy (non-hydrogen) atoms. The first-order valence-corrected chi connectivity index (χ1v) is 6.00. The highest BCUT2D eigenvalue weighted by Gasteiger charge is 2.16. The van der Waals surface area contributed by atoms with E-state index in [1.807, 2.05) is 13.8 Å². The van der Waals surface area contributed by atoms with Crippen LogP contribution in [0.5, 0.6) is 0 Å². The summed E-state index contributed by atoms with van der Waals surface area (Å²) in [5.74, 6) is -1.43. The Bertz CT molecular complexity index is 623. The summed E-state index contributed by atoms with van der Waals surface area (Å²) in [6.45, 7) is 3.72. The molecule has 0 spiro atoms. The average molecular weight is 259 g/mol. The van der Waals surface area contributed by atoms with Crippen molar-refractivity contribution in [2.24, 2.45) is 0 Å². The predicted molar refractivity (Wildman–Crippen MR) is 70.7 cm³/mol. The molecular weight excluding hydrogens is 245 g/mol. The number of aromatic nitrogens is 1. The first-order valence-electron chi connectivity index (χ1n) is 6.00. The molecule has 1 N–H and O–H groups in total. The molecule has 0 aliphatic heterocycles. The largest absolute Gasteiger partial charge is 0.478 e. The van der Waals surface area contributed by atoms with Crippen LogP contribution in [0.25, 0.3) is 11.3 Å². The van der Waals surface area contributed by atoms with Crippen molar-refractivity contribution in [1.82, 2.24) is 4.98 Å². The number of halogens is 1. The second-order valence-corrected chi connectivity index (χ2v) is 4.57. The maximum absolute atomic E-state index is 13.7. The Morgan fingerprint density at radius 1 is 1.21 bits per heavy atom. The van der Waals surface area contributed by atoms with Crippen molar-refractivity contribution < 1.29 is 14.3 Å². The summed E-state index contributed by atoms with van der Waals surface area (Å²) in [6, 6.07) is 9.33. The van der Waals surface area contributed by atoms with E-state index in [9.17, 15) is 9.18 Å². The average Bonchev–Trinajstić information content (AvgIpc) is 2.38. The Labute approximate surface area is 110 Å². The molecule has 1 heterocycles. The van der Waals surface area contributed by atoms with E-state index in [-0.39, 0.29) is 17.3 Å². The number of pyridine rings is 1. The van der Waals surface area contributed by atoms with Gasteiger partial charge in [-0.15, -0.1) is 0 Å². The lowest BCUT2D eigenvalue weighted by molar-refractivity contribution is 0.0694. The van der Waals surface area contributed by atoms with Crippen LogP contribution in [0.4, 0.5) is 4.39 Å². The zero-order valence-corrected chi connectivity index (χ0v) is 10.7. The number of rotatable bonds is 3. The normalized spacial score (nSPS) is 10.7. The topological polar surface area (TPSA) is 50.2 Å². The number of benzene rings is 1. The number of hydrogen-bond donors (Lipinski definition) is 1. The lowest BCUT2D eigenvalue weighted by Gasteiger charge is -2.11. The lowest BCUT2D eigenvalue weighted by atomic mass is 10.0. The molecule has 2 aromatic rings. The molecule has 2 rings (SSSR count). The molecule has 0 aliphatic rings. The van der Waals surface area contributed by atoms with Crippen molar-refractivity contribution >= 4 is 5.97 Å². The Balaban J connectivity index is 2.59. The van der Waals surface area contributed by atoms with E-state index in [2.05, 4.69) is 4.98 Å². The van der Waals surface area contributed by atoms with E-state index in [0.29, 0.717) is 17.0 Å². The maximum Gasteiger partial charge on any atom is 0.337 e. The SMILES string of the molecule is CC(C)c1nc(-c2ccccc2F)ccc1C(=O)O. The van der Waals surface area contributed by atoms with Gasteiger partial charge in [0.15, 0.2) is 0 Å². The molecule has 1 aromatic heterocycles. The Morgan fingerprint density at radius 2 is 1.89 bits per heavy atom. The number of carbonyl (C=O) groups is 1. The third-order valence-electron chi connectivity index (χ3n) is 2.85. The zero-order valence-electron chi connectivity index (χ0n) is 10.7. The molecule has 3 nitrogen and oxygen atoms in total. The van der Waals surface area contributed by atoms with Crippen molar-refractivity contribution in [2.75, 3.05) is 0 Å². The van der Waals surface area contributed by atoms with E-state index in [1.54, 1.807) is 18.2 Å². The minimum absolute atomic E-state index is 0.0437. The van der Waals surface area contributed by atoms with E-state index in [0.717, 1.165) is 0 Å². The van der Waals surface area contributed by atoms with Gasteiger partial charge in [-0.1, -0.05) is 26.0 Å². The number of carboxylic acid groups (broad SMARTS) is 1. The summed E-state index contributed by atoms with van der Waals surface area (Å²) >= 11 is 0. The van der Waals surface area contributed by atoms with Crippen LogP contribution >= 0.6 is 0 Å². The first-order chi connectivity index (χ1) is 9.00. The second-order valence-electron chi connectivity index (χ2n) is 4.57. The first kappa shape index (κ1) is 13.2. The second kappa shape index (κ2) is 5.18. The molecule has 98 valence electrons. The van der Waals surface area contributed by atoms with Crippen LogP contribution in [0.1, 0.15) is 35.8 Å². The Morgan fingerprint density at radius 3 is 2.47 bits per heavy atom. The summed E-state index contributed by atoms with van der Waals surface area (Å²) in [4.78, 5) is 15.4. The van der Waals surface area contributed by atoms with Gasteiger partial charge >= 0.3 is 5.97 Å². The van der Waals surface area contributed by atoms with Crippen molar-refractivity contribution in [3.05, 3.63) is 53.5 Å². The molecule has 0 aliphatic carbocycles. The molecule has 0 atom stereocenters. The zero-order chi connectivity index (χ0) is 14.0. The summed E-state index contributed by atoms with van der Waals surface area (Å²) in [7, 11) is 0. The monoisotopic (exact) mass is 259 g/mol. The van der Waals surface area contributed by atoms with Crippen molar-refractivity contribution in [2.45, 2.75) is 19.8 Å². The molecular formula is C15H14FNO2. The third kappa shape index (κ3) is 2.62. The Hall–Kier alpha value is -2.23. The van der Waals surface area contributed by atoms with E-state index in [4.69, 9.17) is 5.11 Å². The van der Waals surface area contributed by atoms with Gasteiger partial charge < -0.3 is 5.11 Å². The van der Waals surface area contributed by atoms with Gasteiger partial charge in [0.25, 0.3) is 0 Å². The molecule has 0 bridgehead atoms. The fraction of sp³-hybridized carbons (Fsp3) is 0.200. The highest BCUT2D eigenvalue weighted by atomic mass is 19.1. The molecule has 0 saturated carbocycles. The standard InChI is InChI=1S/C15H14FNO2/c1-9(2)14-11(15(18)19)7-8-13(17-14)10-5-3-4-6-12(10)16/h3-9H,1-2H3,(H,18,19). The van der Waals surface area contributed by atoms with Crippen molar-refractivity contribution in [1.29, 1.82) is 0 Å². The van der Waals surface area contributed by atoms with Crippen molar-refractivity contribution in [3.63, 3.8) is 0 Å². The summed E-state index contributed by atoms with van der Waals surface area (Å²) in [5.41, 5.74) is 1.46. The molecule has 0 amide bonds. The van der Waals surface area contributed by atoms with Gasteiger partial charge in [-0.2, -0.15) is 0 Å². The van der Waals surface area contributed by atoms with E-state index >= 15 is 0 Å². The number of carboxylic acids is 1. The van der Waals surface area contributed by atoms with Gasteiger partial charge in [0.2, 0.25) is 0 Å². The van der Waals surface area contributed by atoms with Gasteiger partial charge in [-0.25, -0.2) is 9.18 Å². The number of hydrogen-bond acceptors (Lipinski definition) is 2. The van der Waals surface area contributed by atoms with Gasteiger partial charge in [-0.3, -0.25) is 4.98 Å². The number of aromatic carboxylic acids is 1. The smallest absolute Gasteiger partial charge is 0.337 e. The molecule has 4 heteroatoms. The minimum atomic E-state index is -1.02. The molecule has 0 radical (unpaired) electrons. The highest BCUT2D eigenvalue weighted by molar-refractivity contribution is 5.89. The summed E-state index contributed by atoms with van der Waals surface area (Å²) < 4.78 is 13.7. The Kier molecular flexibility index (Phi) is 3.60. The predicted octanol–water partition coefficient (Wildman–Crippen LogP) is 3.71. The van der Waals surface area contributed by atoms with Crippen LogP contribution < -0.4 is 0 Å². The summed E-state index contributed by atoms with van der Waals surface area (Å²) in [5, 5.41) is 9.12. The van der Waals surface area contributed by atoms with Crippen LogP contribution in [0.2, 0.25) is 0 Å². The van der Waals surface area contributed by atoms with Gasteiger partial charge in [0.1, 0.15) is 5.82 Å². The van der Waals surface area contributed by atoms with Crippen LogP contribution in [-0.2, 0) is 0 Å². The van der Waals surface area contributed by atoms with Crippen LogP contribution in [-0.4, -0.2) is 16.1 Å². The molecule has 0 unspecified atom stereocenters. The summed E-state index contributed by atoms with van der Waals surface area (Å²) in [6.07, 6.45) is 0. The van der Waals surface area contributed by atoms with E-state index < -0.39 is 5.97 Å². The van der Waals surface area contributed by atoms with Crippen molar-refractivity contribution in [3.8, 4) is 11.3 Å². The van der Waals surface area contributed by atoms with Gasteiger partial charge in [0.05, 0.1) is 17.0 Å². The molecule has 1 aromatic carbocycles. The fourth-order valence-electron chi connectivity index (χ4n) is 1.91. The molecule has 0 saturated heterocycles. The quantitative estimate of drug-likeness (QED) is 0.914. The van der Waals surface area contributed by atoms with Crippen LogP contribution in [0.3, 0.4) is 0 Å². The maximum atomic E-state index is 13.7. The highest BCUT2D eigenvalue weighted by Crippen LogP contribution is 2.25. The molecule has 0 fully saturated rings. The van der Waals surface area contributed by atoms with E-state index in [1.165, 1.54) is 18.2 Å². The van der Waals surface area contributed by atoms with Crippen LogP contribution in [0.15, 0.2) is 36.4 Å². The minimum Gasteiger partial charge on any atom is -0.478 e. The number of nitrogens with zero attached hydrogens (tertiary/aromatic N) is 1. The van der Waals surface area contributed by atoms with Gasteiger partial charge in [-0.05, 0) is 30.2 Å². The fourth-order valence-corrected chi connectivity index (χ4v) is 1.91.